The first-order chi connectivity index (χ1) is 10.3. The number of halogens is 1. The zero-order valence-corrected chi connectivity index (χ0v) is 11.5. The number of fused-ring (bicyclic) bond motifs is 2. The zero-order chi connectivity index (χ0) is 15.9. The van der Waals surface area contributed by atoms with Crippen molar-refractivity contribution in [3.63, 3.8) is 0 Å². The van der Waals surface area contributed by atoms with E-state index in [1.54, 1.807) is 0 Å². The van der Waals surface area contributed by atoms with Crippen molar-refractivity contribution in [3.8, 4) is 0 Å². The van der Waals surface area contributed by atoms with Crippen molar-refractivity contribution in [3.05, 3.63) is 12.7 Å². The predicted molar refractivity (Wildman–Crippen MR) is 70.1 cm³/mol. The Hall–Kier alpha value is -1.88. The molecule has 1 aliphatic carbocycles. The summed E-state index contributed by atoms with van der Waals surface area (Å²) in [6, 6.07) is 0. The summed E-state index contributed by atoms with van der Waals surface area (Å²) in [6.45, 7) is 0.128. The first-order valence-electron chi connectivity index (χ1n) is 6.61. The second-order valence-corrected chi connectivity index (χ2v) is 5.89. The van der Waals surface area contributed by atoms with E-state index in [-0.39, 0.29) is 11.5 Å². The lowest BCUT2D eigenvalue weighted by Crippen LogP contribution is -2.48. The number of aliphatic hydroxyl groups excluding tert-OH is 1. The van der Waals surface area contributed by atoms with Crippen LogP contribution in [-0.4, -0.2) is 64.4 Å². The van der Waals surface area contributed by atoms with Crippen molar-refractivity contribution in [2.45, 2.75) is 36.1 Å². The molecule has 9 nitrogen and oxygen atoms in total. The van der Waals surface area contributed by atoms with Crippen LogP contribution in [0.5, 0.6) is 0 Å². The number of aromatic nitrogens is 4. The Morgan fingerprint density at radius 2 is 2.14 bits per heavy atom. The second kappa shape index (κ2) is 3.71. The number of ether oxygens (including phenoxy) is 1. The number of rotatable bonds is 2. The molecule has 0 amide bonds. The molecule has 118 valence electrons. The summed E-state index contributed by atoms with van der Waals surface area (Å²) in [5.41, 5.74) is 0.352. The van der Waals surface area contributed by atoms with Gasteiger partial charge in [-0.2, -0.15) is 0 Å². The number of nitrogens with two attached hydrogens (primary N) is 1. The fourth-order valence-corrected chi connectivity index (χ4v) is 3.41. The molecule has 4 rings (SSSR count). The van der Waals surface area contributed by atoms with Gasteiger partial charge in [-0.3, -0.25) is 4.57 Å². The number of hydrogen-bond donors (Lipinski definition) is 4. The van der Waals surface area contributed by atoms with Crippen LogP contribution < -0.4 is 5.73 Å². The molecule has 3 heterocycles. The fourth-order valence-electron chi connectivity index (χ4n) is 3.41. The minimum atomic E-state index is -2.10. The van der Waals surface area contributed by atoms with E-state index < -0.39 is 35.8 Å². The quantitative estimate of drug-likeness (QED) is 0.525. The molecule has 5 atom stereocenters. The number of nitrogen functional groups attached to an aromatic ring is 1. The van der Waals surface area contributed by atoms with Gasteiger partial charge in [-0.25, -0.2) is 19.3 Å². The molecule has 22 heavy (non-hydrogen) atoms. The van der Waals surface area contributed by atoms with E-state index in [1.807, 2.05) is 0 Å². The van der Waals surface area contributed by atoms with Crippen molar-refractivity contribution < 1.29 is 24.4 Å². The standard InChI is InChI=1S/C12H14FN5O4/c1-10(20)9(22-11(2-13)8(19)12(10,11)21)18-4-17-5-6(14)15-3-16-7(5)18/h3-4,8-9,19-21H,2H2,1H3,(H2,14,15,16)/t8?,9-,10+,11-,12+/m1/s1. The van der Waals surface area contributed by atoms with Crippen LogP contribution in [0.4, 0.5) is 10.2 Å². The summed E-state index contributed by atoms with van der Waals surface area (Å²) in [5, 5.41) is 30.9. The zero-order valence-electron chi connectivity index (χ0n) is 11.5. The molecule has 1 unspecified atom stereocenters. The summed E-state index contributed by atoms with van der Waals surface area (Å²) in [4.78, 5) is 11.9. The minimum Gasteiger partial charge on any atom is -0.387 e. The van der Waals surface area contributed by atoms with Crippen molar-refractivity contribution in [1.29, 1.82) is 0 Å². The molecule has 1 saturated heterocycles. The van der Waals surface area contributed by atoms with E-state index in [9.17, 15) is 19.7 Å². The molecule has 2 aromatic heterocycles. The number of alkyl halides is 1. The van der Waals surface area contributed by atoms with Gasteiger partial charge in [0.2, 0.25) is 0 Å². The molecule has 2 fully saturated rings. The molecule has 5 N–H and O–H groups in total. The third kappa shape index (κ3) is 1.18. The Balaban J connectivity index is 1.86. The molecule has 0 radical (unpaired) electrons. The highest BCUT2D eigenvalue weighted by Gasteiger charge is 2.91. The van der Waals surface area contributed by atoms with E-state index in [0.717, 1.165) is 0 Å². The summed E-state index contributed by atoms with van der Waals surface area (Å²) in [7, 11) is 0. The summed E-state index contributed by atoms with van der Waals surface area (Å²) in [5.74, 6) is 0.144. The molecule has 0 aromatic carbocycles. The van der Waals surface area contributed by atoms with Crippen LogP contribution in [-0.2, 0) is 4.74 Å². The van der Waals surface area contributed by atoms with E-state index in [0.29, 0.717) is 5.52 Å². The average molecular weight is 311 g/mol. The van der Waals surface area contributed by atoms with Crippen LogP contribution in [0.25, 0.3) is 11.2 Å². The number of hydrogen-bond acceptors (Lipinski definition) is 8. The predicted octanol–water partition coefficient (Wildman–Crippen LogP) is -1.50. The topological polar surface area (TPSA) is 140 Å². The number of nitrogens with zero attached hydrogens (tertiary/aromatic N) is 4. The maximum absolute atomic E-state index is 13.3. The lowest BCUT2D eigenvalue weighted by molar-refractivity contribution is -0.165. The SMILES string of the molecule is C[C@]1(O)[C@H](n2cnc3c(N)ncnc32)O[C@]2(CF)C(O)[C@]12O. The molecule has 0 spiro atoms. The first-order valence-corrected chi connectivity index (χ1v) is 6.61. The van der Waals surface area contributed by atoms with Crippen molar-refractivity contribution in [2.24, 2.45) is 0 Å². The van der Waals surface area contributed by atoms with E-state index >= 15 is 0 Å². The van der Waals surface area contributed by atoms with Crippen molar-refractivity contribution in [2.75, 3.05) is 12.4 Å². The molecule has 2 aliphatic rings. The van der Waals surface area contributed by atoms with Gasteiger partial charge in [0, 0.05) is 0 Å². The van der Waals surface area contributed by atoms with Crippen LogP contribution >= 0.6 is 0 Å². The van der Waals surface area contributed by atoms with Gasteiger partial charge in [0.15, 0.2) is 28.9 Å². The van der Waals surface area contributed by atoms with Gasteiger partial charge in [0.05, 0.1) is 6.33 Å². The van der Waals surface area contributed by atoms with Gasteiger partial charge in [-0.15, -0.1) is 0 Å². The molecule has 0 bridgehead atoms. The maximum Gasteiger partial charge on any atom is 0.169 e. The largest absolute Gasteiger partial charge is 0.387 e. The van der Waals surface area contributed by atoms with Crippen molar-refractivity contribution >= 4 is 17.0 Å². The van der Waals surface area contributed by atoms with Gasteiger partial charge in [0.1, 0.15) is 30.2 Å². The monoisotopic (exact) mass is 311 g/mol. The fraction of sp³-hybridized carbons (Fsp3) is 0.583. The normalized spacial score (nSPS) is 43.5. The van der Waals surface area contributed by atoms with E-state index in [2.05, 4.69) is 15.0 Å². The van der Waals surface area contributed by atoms with Crippen LogP contribution in [0, 0.1) is 0 Å². The molecule has 1 aliphatic heterocycles. The lowest BCUT2D eigenvalue weighted by Gasteiger charge is -2.32. The first kappa shape index (κ1) is 13.8. The number of aliphatic hydroxyl groups is 3. The Bertz CT molecular complexity index is 782. The smallest absolute Gasteiger partial charge is 0.169 e. The minimum absolute atomic E-state index is 0.144. The highest BCUT2D eigenvalue weighted by atomic mass is 19.1. The second-order valence-electron chi connectivity index (χ2n) is 5.89. The Morgan fingerprint density at radius 3 is 2.77 bits per heavy atom. The van der Waals surface area contributed by atoms with Crippen LogP contribution in [0.2, 0.25) is 0 Å². The Kier molecular flexibility index (Phi) is 2.32. The third-order valence-electron chi connectivity index (χ3n) is 4.81. The summed E-state index contributed by atoms with van der Waals surface area (Å²) < 4.78 is 20.2. The van der Waals surface area contributed by atoms with E-state index in [1.165, 1.54) is 24.1 Å². The molecular formula is C12H14FN5O4. The summed E-state index contributed by atoms with van der Waals surface area (Å²) >= 11 is 0. The maximum atomic E-state index is 13.3. The summed E-state index contributed by atoms with van der Waals surface area (Å²) in [6.07, 6.45) is -0.169. The van der Waals surface area contributed by atoms with Crippen LogP contribution in [0.15, 0.2) is 12.7 Å². The Labute approximate surface area is 123 Å². The third-order valence-corrected chi connectivity index (χ3v) is 4.81. The van der Waals surface area contributed by atoms with Gasteiger partial charge in [0.25, 0.3) is 0 Å². The average Bonchev–Trinajstić information content (AvgIpc) is 2.80. The number of imidazole rings is 1. The highest BCUT2D eigenvalue weighted by molar-refractivity contribution is 5.81. The van der Waals surface area contributed by atoms with E-state index in [4.69, 9.17) is 10.5 Å². The molecular weight excluding hydrogens is 297 g/mol. The lowest BCUT2D eigenvalue weighted by atomic mass is 9.94. The Morgan fingerprint density at radius 1 is 1.41 bits per heavy atom. The van der Waals surface area contributed by atoms with Crippen LogP contribution in [0.1, 0.15) is 13.2 Å². The van der Waals surface area contributed by atoms with Gasteiger partial charge < -0.3 is 25.8 Å². The molecule has 10 heteroatoms. The highest BCUT2D eigenvalue weighted by Crippen LogP contribution is 2.67. The number of anilines is 1. The van der Waals surface area contributed by atoms with Gasteiger partial charge >= 0.3 is 0 Å². The molecule has 2 aromatic rings. The van der Waals surface area contributed by atoms with Crippen LogP contribution in [0.3, 0.4) is 0 Å². The van der Waals surface area contributed by atoms with Crippen molar-refractivity contribution in [1.82, 2.24) is 19.5 Å². The molecule has 1 saturated carbocycles. The van der Waals surface area contributed by atoms with Gasteiger partial charge in [-0.05, 0) is 6.92 Å². The van der Waals surface area contributed by atoms with Gasteiger partial charge in [-0.1, -0.05) is 0 Å².